The Kier molecular flexibility index (Phi) is 1.07. The molecule has 6 nitrogen and oxygen atoms in total. The Hall–Kier alpha value is -1.43. The molecule has 0 fully saturated rings. The van der Waals surface area contributed by atoms with E-state index in [4.69, 9.17) is 8.48 Å². The molecule has 0 aromatic carbocycles. The molecule has 1 unspecified atom stereocenters. The lowest BCUT2D eigenvalue weighted by Gasteiger charge is -2.09. The largest absolute Gasteiger partial charge is 0.352 e. The standard InChI is InChI=1S/C4H6N4O2/c5-4-3(8(9)10)1-6-2-7-4/h1-2,4H,5H2,(H,6,7)/i1D,4D. The summed E-state index contributed by atoms with van der Waals surface area (Å²) in [5, 5.41) is 12.4. The third-order valence-corrected chi connectivity index (χ3v) is 0.893. The van der Waals surface area contributed by atoms with Gasteiger partial charge in [0.25, 0.3) is 0 Å². The highest BCUT2D eigenvalue weighted by atomic mass is 16.6. The monoisotopic (exact) mass is 144 g/mol. The van der Waals surface area contributed by atoms with Crippen molar-refractivity contribution in [2.45, 2.75) is 6.14 Å². The zero-order chi connectivity index (χ0) is 9.35. The van der Waals surface area contributed by atoms with Gasteiger partial charge in [0.15, 0.2) is 6.14 Å². The maximum absolute atomic E-state index is 10.3. The van der Waals surface area contributed by atoms with E-state index in [9.17, 15) is 10.1 Å². The molecule has 1 rings (SSSR count). The molecule has 1 atom stereocenters. The Morgan fingerprint density at radius 3 is 3.30 bits per heavy atom. The van der Waals surface area contributed by atoms with Crippen LogP contribution in [0, 0.1) is 10.1 Å². The van der Waals surface area contributed by atoms with Crippen molar-refractivity contribution in [2.24, 2.45) is 10.7 Å². The summed E-state index contributed by atoms with van der Waals surface area (Å²) in [5.74, 6) is 0. The van der Waals surface area contributed by atoms with Crippen LogP contribution in [0.3, 0.4) is 0 Å². The lowest BCUT2D eigenvalue weighted by molar-refractivity contribution is -0.430. The minimum Gasteiger partial charge on any atom is -0.352 e. The first-order chi connectivity index (χ1) is 5.45. The maximum atomic E-state index is 10.3. The van der Waals surface area contributed by atoms with Crippen molar-refractivity contribution >= 4 is 6.34 Å². The van der Waals surface area contributed by atoms with E-state index in [1.54, 1.807) is 0 Å². The number of nitrogens with two attached hydrogens (primary N) is 1. The third-order valence-electron chi connectivity index (χ3n) is 0.893. The highest BCUT2D eigenvalue weighted by Crippen LogP contribution is 2.00. The molecule has 0 amide bonds. The van der Waals surface area contributed by atoms with Gasteiger partial charge in [-0.2, -0.15) is 0 Å². The van der Waals surface area contributed by atoms with Gasteiger partial charge < -0.3 is 11.1 Å². The topological polar surface area (TPSA) is 93.5 Å². The van der Waals surface area contributed by atoms with Gasteiger partial charge in [-0.05, 0) is 0 Å². The molecule has 0 bridgehead atoms. The van der Waals surface area contributed by atoms with Gasteiger partial charge in [0.2, 0.25) is 0 Å². The summed E-state index contributed by atoms with van der Waals surface area (Å²) in [6.45, 7) is 0. The van der Waals surface area contributed by atoms with Gasteiger partial charge in [0.05, 0.1) is 14.0 Å². The van der Waals surface area contributed by atoms with Crippen LogP contribution >= 0.6 is 0 Å². The van der Waals surface area contributed by atoms with Crippen LogP contribution in [0.1, 0.15) is 2.74 Å². The molecule has 0 spiro atoms. The van der Waals surface area contributed by atoms with E-state index < -0.39 is 22.9 Å². The summed E-state index contributed by atoms with van der Waals surface area (Å²) in [5.41, 5.74) is 4.40. The zero-order valence-corrected chi connectivity index (χ0v) is 4.87. The fourth-order valence-corrected chi connectivity index (χ4v) is 0.463. The van der Waals surface area contributed by atoms with Crippen LogP contribution in [0.2, 0.25) is 0 Å². The number of hydrogen-bond acceptors (Lipinski definition) is 5. The van der Waals surface area contributed by atoms with E-state index in [-0.39, 0.29) is 0 Å². The average molecular weight is 144 g/mol. The quantitative estimate of drug-likeness (QED) is 0.365. The van der Waals surface area contributed by atoms with Crippen LogP contribution in [-0.4, -0.2) is 17.4 Å². The molecule has 0 aromatic rings. The van der Waals surface area contributed by atoms with Gasteiger partial charge in [-0.1, -0.05) is 0 Å². The highest BCUT2D eigenvalue weighted by Gasteiger charge is 2.21. The van der Waals surface area contributed by atoms with Crippen molar-refractivity contribution in [3.8, 4) is 0 Å². The summed E-state index contributed by atoms with van der Waals surface area (Å²) < 4.78 is 14.2. The second-order valence-corrected chi connectivity index (χ2v) is 1.53. The van der Waals surface area contributed by atoms with Crippen LogP contribution < -0.4 is 11.1 Å². The molecule has 1 aliphatic heterocycles. The molecular formula is C4H6N4O2. The molecule has 54 valence electrons. The van der Waals surface area contributed by atoms with Gasteiger partial charge in [0, 0.05) is 0 Å². The first-order valence-corrected chi connectivity index (χ1v) is 2.40. The SMILES string of the molecule is [2H]C1=C([N+](=O)[O-])C([2H])(N)NC=N1. The number of nitro groups is 1. The smallest absolute Gasteiger partial charge is 0.300 e. The normalized spacial score (nSPS) is 34.5. The summed E-state index contributed by atoms with van der Waals surface area (Å²) >= 11 is 0. The van der Waals surface area contributed by atoms with Gasteiger partial charge in [-0.25, -0.2) is 4.99 Å². The minimum absolute atomic E-state index is 0.601. The summed E-state index contributed by atoms with van der Waals surface area (Å²) in [6, 6.07) is 0. The zero-order valence-electron chi connectivity index (χ0n) is 6.87. The molecule has 0 radical (unpaired) electrons. The lowest BCUT2D eigenvalue weighted by atomic mass is 10.4. The van der Waals surface area contributed by atoms with Crippen LogP contribution in [0.25, 0.3) is 0 Å². The maximum Gasteiger partial charge on any atom is 0.300 e. The van der Waals surface area contributed by atoms with Crippen LogP contribution in [0.15, 0.2) is 16.9 Å². The van der Waals surface area contributed by atoms with Crippen molar-refractivity contribution in [1.82, 2.24) is 5.32 Å². The molecule has 1 heterocycles. The van der Waals surface area contributed by atoms with Gasteiger partial charge in [0.1, 0.15) is 6.18 Å². The van der Waals surface area contributed by atoms with Crippen LogP contribution in [0.5, 0.6) is 0 Å². The van der Waals surface area contributed by atoms with Crippen LogP contribution in [0.4, 0.5) is 0 Å². The highest BCUT2D eigenvalue weighted by molar-refractivity contribution is 5.57. The number of hydrogen-bond donors (Lipinski definition) is 2. The van der Waals surface area contributed by atoms with Crippen LogP contribution in [-0.2, 0) is 0 Å². The summed E-state index contributed by atoms with van der Waals surface area (Å²) in [4.78, 5) is 12.7. The second-order valence-electron chi connectivity index (χ2n) is 1.53. The fourth-order valence-electron chi connectivity index (χ4n) is 0.463. The van der Waals surface area contributed by atoms with Gasteiger partial charge in [-0.3, -0.25) is 10.1 Å². The van der Waals surface area contributed by atoms with Crippen molar-refractivity contribution in [2.75, 3.05) is 0 Å². The second kappa shape index (κ2) is 2.44. The van der Waals surface area contributed by atoms with E-state index in [0.717, 1.165) is 6.34 Å². The predicted molar refractivity (Wildman–Crippen MR) is 34.7 cm³/mol. The predicted octanol–water partition coefficient (Wildman–Crippen LogP) is -0.979. The molecule has 0 aromatic heterocycles. The third kappa shape index (κ3) is 1.11. The van der Waals surface area contributed by atoms with Gasteiger partial charge in [-0.15, -0.1) is 0 Å². The molecule has 0 saturated heterocycles. The van der Waals surface area contributed by atoms with Crippen molar-refractivity contribution in [1.29, 1.82) is 0 Å². The fraction of sp³-hybridized carbons (Fsp3) is 0.250. The molecule has 6 heteroatoms. The van der Waals surface area contributed by atoms with E-state index >= 15 is 0 Å². The Balaban J connectivity index is 3.17. The first-order valence-electron chi connectivity index (χ1n) is 3.40. The number of rotatable bonds is 1. The molecule has 1 aliphatic rings. The first kappa shape index (κ1) is 4.40. The average Bonchev–Trinajstić information content (AvgIpc) is 1.82. The van der Waals surface area contributed by atoms with E-state index in [0.29, 0.717) is 0 Å². The van der Waals surface area contributed by atoms with Gasteiger partial charge >= 0.3 is 5.70 Å². The Morgan fingerprint density at radius 1 is 2.20 bits per heavy atom. The van der Waals surface area contributed by atoms with Crippen molar-refractivity contribution in [3.05, 3.63) is 22.0 Å². The Bertz CT molecular complexity index is 285. The number of nitrogens with one attached hydrogen (secondary N) is 1. The summed E-state index contributed by atoms with van der Waals surface area (Å²) in [6.07, 6.45) is -1.68. The molecule has 0 saturated carbocycles. The number of nitrogens with zero attached hydrogens (tertiary/aromatic N) is 2. The van der Waals surface area contributed by atoms with E-state index in [2.05, 4.69) is 10.3 Å². The van der Waals surface area contributed by atoms with E-state index in [1.807, 2.05) is 0 Å². The van der Waals surface area contributed by atoms with Crippen molar-refractivity contribution in [3.63, 3.8) is 0 Å². The molecule has 10 heavy (non-hydrogen) atoms. The van der Waals surface area contributed by atoms with Crippen molar-refractivity contribution < 1.29 is 7.66 Å². The Morgan fingerprint density at radius 2 is 2.90 bits per heavy atom. The number of aliphatic imine (C=N–C) groups is 1. The Labute approximate surface area is 59.4 Å². The lowest BCUT2D eigenvalue weighted by Crippen LogP contribution is -2.42. The summed E-state index contributed by atoms with van der Waals surface area (Å²) in [7, 11) is 0. The molecule has 0 aliphatic carbocycles. The molecule has 3 N–H and O–H groups in total. The molecular weight excluding hydrogens is 136 g/mol. The minimum atomic E-state index is -2.07. The van der Waals surface area contributed by atoms with E-state index in [1.165, 1.54) is 0 Å².